The molecule has 6 heteroatoms. The van der Waals surface area contributed by atoms with Crippen molar-refractivity contribution in [3.05, 3.63) is 59.9 Å². The van der Waals surface area contributed by atoms with Gasteiger partial charge in [-0.3, -0.25) is 4.98 Å². The van der Waals surface area contributed by atoms with E-state index in [0.29, 0.717) is 25.6 Å². The first-order valence-electron chi connectivity index (χ1n) is 9.23. The van der Waals surface area contributed by atoms with Gasteiger partial charge in [-0.05, 0) is 49.3 Å². The molecule has 0 aliphatic rings. The lowest BCUT2D eigenvalue weighted by molar-refractivity contribution is 0.180. The lowest BCUT2D eigenvalue weighted by Gasteiger charge is -2.30. The van der Waals surface area contributed by atoms with Gasteiger partial charge >= 0.3 is 6.03 Å². The largest absolute Gasteiger partial charge is 0.508 e. The van der Waals surface area contributed by atoms with E-state index in [9.17, 15) is 9.90 Å². The van der Waals surface area contributed by atoms with Crippen molar-refractivity contribution >= 4 is 6.03 Å². The zero-order valence-electron chi connectivity index (χ0n) is 16.6. The fraction of sp³-hybridized carbons (Fsp3) is 0.429. The summed E-state index contributed by atoms with van der Waals surface area (Å²) in [4.78, 5) is 20.9. The van der Waals surface area contributed by atoms with Crippen LogP contribution >= 0.6 is 0 Å². The van der Waals surface area contributed by atoms with Gasteiger partial charge in [0.1, 0.15) is 5.75 Å². The average Bonchev–Trinajstić information content (AvgIpc) is 2.63. The first-order valence-corrected chi connectivity index (χ1v) is 9.23. The van der Waals surface area contributed by atoms with Crippen LogP contribution < -0.4 is 5.32 Å². The number of amides is 2. The fourth-order valence-electron chi connectivity index (χ4n) is 3.05. The molecule has 0 radical (unpaired) electrons. The number of aromatic nitrogens is 1. The van der Waals surface area contributed by atoms with Crippen LogP contribution in [0.4, 0.5) is 4.79 Å². The van der Waals surface area contributed by atoms with Crippen LogP contribution in [0.3, 0.4) is 0 Å². The van der Waals surface area contributed by atoms with Gasteiger partial charge in [0.15, 0.2) is 0 Å². The van der Waals surface area contributed by atoms with Crippen molar-refractivity contribution in [3.8, 4) is 5.75 Å². The molecule has 0 saturated heterocycles. The number of hydrogen-bond acceptors (Lipinski definition) is 4. The van der Waals surface area contributed by atoms with E-state index in [1.807, 2.05) is 38.4 Å². The first kappa shape index (κ1) is 20.7. The third kappa shape index (κ3) is 6.57. The molecule has 1 heterocycles. The molecule has 0 unspecified atom stereocenters. The van der Waals surface area contributed by atoms with Gasteiger partial charge in [-0.1, -0.05) is 32.0 Å². The number of nitrogens with zero attached hydrogens (tertiary/aromatic N) is 3. The van der Waals surface area contributed by atoms with Gasteiger partial charge in [0.2, 0.25) is 0 Å². The molecule has 6 nitrogen and oxygen atoms in total. The zero-order chi connectivity index (χ0) is 19.8. The number of benzene rings is 1. The highest BCUT2D eigenvalue weighted by atomic mass is 16.3. The summed E-state index contributed by atoms with van der Waals surface area (Å²) in [6.45, 7) is 5.81. The molecule has 0 aliphatic heterocycles. The quantitative estimate of drug-likeness (QED) is 0.749. The summed E-state index contributed by atoms with van der Waals surface area (Å²) in [7, 11) is 4.06. The Hall–Kier alpha value is -2.60. The highest BCUT2D eigenvalue weighted by Gasteiger charge is 2.20. The number of phenols is 1. The number of nitrogens with one attached hydrogen (secondary N) is 1. The number of phenolic OH excluding ortho intramolecular Hbond substituents is 1. The molecule has 1 aromatic carbocycles. The maximum absolute atomic E-state index is 12.9. The molecule has 1 atom stereocenters. The number of rotatable bonds is 8. The van der Waals surface area contributed by atoms with Gasteiger partial charge in [-0.2, -0.15) is 0 Å². The van der Waals surface area contributed by atoms with Crippen LogP contribution in [0.25, 0.3) is 0 Å². The van der Waals surface area contributed by atoms with Crippen molar-refractivity contribution in [2.45, 2.75) is 33.0 Å². The molecule has 0 fully saturated rings. The van der Waals surface area contributed by atoms with Crippen molar-refractivity contribution in [3.63, 3.8) is 0 Å². The smallest absolute Gasteiger partial charge is 0.318 e. The van der Waals surface area contributed by atoms with E-state index < -0.39 is 0 Å². The molecule has 2 amide bonds. The summed E-state index contributed by atoms with van der Waals surface area (Å²) in [5.74, 6) is 0.650. The molecule has 2 aromatic rings. The van der Waals surface area contributed by atoms with Crippen LogP contribution in [0.5, 0.6) is 5.75 Å². The third-order valence-electron chi connectivity index (χ3n) is 4.59. The lowest BCUT2D eigenvalue weighted by Crippen LogP contribution is -2.47. The highest BCUT2D eigenvalue weighted by molar-refractivity contribution is 5.74. The predicted molar refractivity (Wildman–Crippen MR) is 107 cm³/mol. The average molecular weight is 370 g/mol. The number of pyridine rings is 1. The summed E-state index contributed by atoms with van der Waals surface area (Å²) in [6, 6.07) is 10.9. The Balaban J connectivity index is 2.10. The molecule has 0 saturated carbocycles. The Morgan fingerprint density at radius 3 is 2.33 bits per heavy atom. The van der Waals surface area contributed by atoms with Gasteiger partial charge < -0.3 is 20.2 Å². The number of carbonyl (C=O) groups excluding carboxylic acids is 1. The van der Waals surface area contributed by atoms with Crippen LogP contribution in [-0.4, -0.2) is 52.6 Å². The van der Waals surface area contributed by atoms with Gasteiger partial charge in [0, 0.05) is 38.1 Å². The van der Waals surface area contributed by atoms with E-state index in [0.717, 1.165) is 11.1 Å². The van der Waals surface area contributed by atoms with Crippen molar-refractivity contribution in [2.24, 2.45) is 5.92 Å². The second-order valence-corrected chi connectivity index (χ2v) is 7.34. The summed E-state index contributed by atoms with van der Waals surface area (Å²) >= 11 is 0. The number of carbonyl (C=O) groups is 1. The van der Waals surface area contributed by atoms with E-state index in [1.165, 1.54) is 0 Å². The minimum Gasteiger partial charge on any atom is -0.508 e. The Morgan fingerprint density at radius 1 is 1.11 bits per heavy atom. The number of hydrogen-bond donors (Lipinski definition) is 2. The molecule has 2 rings (SSSR count). The minimum atomic E-state index is -0.112. The van der Waals surface area contributed by atoms with Gasteiger partial charge in [0.05, 0.1) is 0 Å². The standard InChI is InChI=1S/C21H30N4O2/c1-16(2)20(24(3)4)13-23-21(27)25(15-18-6-5-11-22-12-18)14-17-7-9-19(26)10-8-17/h5-12,16,20,26H,13-15H2,1-4H3,(H,23,27)/t20-/m1/s1. The Kier molecular flexibility index (Phi) is 7.61. The number of aromatic hydroxyl groups is 1. The molecule has 0 aliphatic carbocycles. The normalized spacial score (nSPS) is 12.2. The maximum Gasteiger partial charge on any atom is 0.318 e. The van der Waals surface area contributed by atoms with Crippen LogP contribution in [0.2, 0.25) is 0 Å². The highest BCUT2D eigenvalue weighted by Crippen LogP contribution is 2.14. The Labute approximate surface area is 161 Å². The SMILES string of the molecule is CC(C)[C@@H](CNC(=O)N(Cc1ccc(O)cc1)Cc1cccnc1)N(C)C. The van der Waals surface area contributed by atoms with Crippen molar-refractivity contribution < 1.29 is 9.90 Å². The van der Waals surface area contributed by atoms with Crippen molar-refractivity contribution in [2.75, 3.05) is 20.6 Å². The van der Waals surface area contributed by atoms with Crippen molar-refractivity contribution in [1.82, 2.24) is 20.1 Å². The van der Waals surface area contributed by atoms with E-state index in [1.54, 1.807) is 29.4 Å². The molecule has 0 spiro atoms. The minimum absolute atomic E-state index is 0.112. The molecular formula is C21H30N4O2. The second-order valence-electron chi connectivity index (χ2n) is 7.34. The van der Waals surface area contributed by atoms with Gasteiger partial charge in [-0.15, -0.1) is 0 Å². The van der Waals surface area contributed by atoms with Crippen LogP contribution in [-0.2, 0) is 13.1 Å². The topological polar surface area (TPSA) is 68.7 Å². The molecular weight excluding hydrogens is 340 g/mol. The van der Waals surface area contributed by atoms with Gasteiger partial charge in [0.25, 0.3) is 0 Å². The molecule has 2 N–H and O–H groups in total. The zero-order valence-corrected chi connectivity index (χ0v) is 16.6. The predicted octanol–water partition coefficient (Wildman–Crippen LogP) is 3.09. The number of likely N-dealkylation sites (N-methyl/N-ethyl adjacent to an activating group) is 1. The molecule has 27 heavy (non-hydrogen) atoms. The van der Waals surface area contributed by atoms with Crippen LogP contribution in [0.15, 0.2) is 48.8 Å². The third-order valence-corrected chi connectivity index (χ3v) is 4.59. The van der Waals surface area contributed by atoms with Crippen LogP contribution in [0.1, 0.15) is 25.0 Å². The van der Waals surface area contributed by atoms with Gasteiger partial charge in [-0.25, -0.2) is 4.79 Å². The second kappa shape index (κ2) is 9.92. The number of urea groups is 1. The molecule has 1 aromatic heterocycles. The maximum atomic E-state index is 12.9. The summed E-state index contributed by atoms with van der Waals surface area (Å²) in [6.07, 6.45) is 3.49. The van der Waals surface area contributed by atoms with Crippen LogP contribution in [0, 0.1) is 5.92 Å². The first-order chi connectivity index (χ1) is 12.9. The van der Waals surface area contributed by atoms with E-state index in [-0.39, 0.29) is 17.8 Å². The Bertz CT molecular complexity index is 694. The van der Waals surface area contributed by atoms with Crippen molar-refractivity contribution in [1.29, 1.82) is 0 Å². The lowest BCUT2D eigenvalue weighted by atomic mass is 10.0. The Morgan fingerprint density at radius 2 is 1.78 bits per heavy atom. The summed E-state index contributed by atoms with van der Waals surface area (Å²) < 4.78 is 0. The molecule has 146 valence electrons. The monoisotopic (exact) mass is 370 g/mol. The fourth-order valence-corrected chi connectivity index (χ4v) is 3.05. The molecule has 0 bridgehead atoms. The van der Waals surface area contributed by atoms with E-state index >= 15 is 0 Å². The van der Waals surface area contributed by atoms with E-state index in [4.69, 9.17) is 0 Å². The summed E-state index contributed by atoms with van der Waals surface area (Å²) in [5.41, 5.74) is 1.93. The van der Waals surface area contributed by atoms with E-state index in [2.05, 4.69) is 29.0 Å². The summed E-state index contributed by atoms with van der Waals surface area (Å²) in [5, 5.41) is 12.6.